The Morgan fingerprint density at radius 3 is 2.81 bits per heavy atom. The van der Waals surface area contributed by atoms with E-state index in [4.69, 9.17) is 36.7 Å². The second kappa shape index (κ2) is 9.28. The maximum absolute atomic E-state index is 14.5. The van der Waals surface area contributed by atoms with E-state index in [-0.39, 0.29) is 35.6 Å². The van der Waals surface area contributed by atoms with Crippen molar-refractivity contribution in [2.75, 3.05) is 26.4 Å². The molecule has 1 aliphatic rings. The summed E-state index contributed by atoms with van der Waals surface area (Å²) in [6, 6.07) is 4.89. The zero-order valence-corrected chi connectivity index (χ0v) is 17.6. The largest absolute Gasteiger partial charge is 0.489 e. The summed E-state index contributed by atoms with van der Waals surface area (Å²) >= 11 is 7.44. The number of nitrogens with zero attached hydrogens (tertiary/aromatic N) is 2. The van der Waals surface area contributed by atoms with E-state index in [0.717, 1.165) is 11.3 Å². The number of hydrogen-bond acceptors (Lipinski definition) is 9. The van der Waals surface area contributed by atoms with E-state index < -0.39 is 11.9 Å². The van der Waals surface area contributed by atoms with Crippen molar-refractivity contribution in [2.24, 2.45) is 5.73 Å². The van der Waals surface area contributed by atoms with Crippen molar-refractivity contribution in [3.05, 3.63) is 45.5 Å². The molecular formula is C19H18ClFN4O5S. The highest BCUT2D eigenvalue weighted by molar-refractivity contribution is 7.18. The summed E-state index contributed by atoms with van der Waals surface area (Å²) < 4.78 is 30.4. The number of aliphatic hydroxyl groups is 1. The minimum atomic E-state index is -0.657. The van der Waals surface area contributed by atoms with Crippen LogP contribution < -0.4 is 20.8 Å². The Kier molecular flexibility index (Phi) is 6.49. The van der Waals surface area contributed by atoms with Crippen LogP contribution in [0.15, 0.2) is 29.1 Å². The normalized spacial score (nSPS) is 14.8. The topological polar surface area (TPSA) is 133 Å². The monoisotopic (exact) mass is 468 g/mol. The number of nitrogens with one attached hydrogen (secondary N) is 1. The van der Waals surface area contributed by atoms with Gasteiger partial charge in [0.2, 0.25) is 0 Å². The average Bonchev–Trinajstić information content (AvgIpc) is 3.20. The molecule has 0 aliphatic carbocycles. The van der Waals surface area contributed by atoms with Crippen molar-refractivity contribution in [1.82, 2.24) is 15.2 Å². The van der Waals surface area contributed by atoms with Gasteiger partial charge in [-0.1, -0.05) is 22.9 Å². The number of aromatic nitrogens is 3. The summed E-state index contributed by atoms with van der Waals surface area (Å²) in [6.07, 6.45) is -0.106. The predicted octanol–water partition coefficient (Wildman–Crippen LogP) is 1.83. The van der Waals surface area contributed by atoms with Crippen molar-refractivity contribution < 1.29 is 23.7 Å². The van der Waals surface area contributed by atoms with Gasteiger partial charge in [0.15, 0.2) is 17.4 Å². The first-order valence-electron chi connectivity index (χ1n) is 9.24. The number of nitrogens with two attached hydrogens (primary N) is 1. The van der Waals surface area contributed by atoms with E-state index >= 15 is 0 Å². The molecule has 2 aromatic heterocycles. The molecule has 12 heteroatoms. The van der Waals surface area contributed by atoms with Gasteiger partial charge in [-0.25, -0.2) is 4.39 Å². The highest BCUT2D eigenvalue weighted by Gasteiger charge is 2.21. The highest BCUT2D eigenvalue weighted by atomic mass is 35.5. The number of benzene rings is 1. The molecule has 1 aliphatic heterocycles. The third kappa shape index (κ3) is 5.02. The number of hydrogen-bond donors (Lipinski definition) is 3. The van der Waals surface area contributed by atoms with Crippen LogP contribution in [0.5, 0.6) is 11.6 Å². The van der Waals surface area contributed by atoms with Gasteiger partial charge < -0.3 is 25.1 Å². The van der Waals surface area contributed by atoms with Crippen molar-refractivity contribution in [3.8, 4) is 32.8 Å². The van der Waals surface area contributed by atoms with Crippen LogP contribution in [0, 0.1) is 5.82 Å². The molecule has 1 fully saturated rings. The average molecular weight is 469 g/mol. The zero-order chi connectivity index (χ0) is 22.0. The molecule has 0 bridgehead atoms. The van der Waals surface area contributed by atoms with E-state index in [1.165, 1.54) is 18.2 Å². The van der Waals surface area contributed by atoms with E-state index in [0.29, 0.717) is 40.2 Å². The molecule has 3 heterocycles. The van der Waals surface area contributed by atoms with Crippen LogP contribution in [0.25, 0.3) is 21.1 Å². The molecule has 164 valence electrons. The third-order valence-corrected chi connectivity index (χ3v) is 5.65. The molecule has 0 unspecified atom stereocenters. The smallest absolute Gasteiger partial charge is 0.251 e. The van der Waals surface area contributed by atoms with Gasteiger partial charge in [0.25, 0.3) is 5.56 Å². The molecule has 3 aromatic rings. The standard InChI is InChI=1S/C19H18ClFN4O5S/c20-13-4-15(29-6-10(22)5-26)14(21)3-12(13)19-25-24-18(31-19)9-1-16(27)23-17(2-9)30-11-7-28-8-11/h1-4,10-11,26H,5-8,22H2,(H,23,27)/t10-/m1/s1. The lowest BCUT2D eigenvalue weighted by atomic mass is 10.2. The molecule has 31 heavy (non-hydrogen) atoms. The van der Waals surface area contributed by atoms with Gasteiger partial charge in [-0.05, 0) is 6.07 Å². The number of halogens is 2. The van der Waals surface area contributed by atoms with Gasteiger partial charge in [-0.2, -0.15) is 0 Å². The number of aromatic amines is 1. The van der Waals surface area contributed by atoms with Crippen molar-refractivity contribution >= 4 is 22.9 Å². The van der Waals surface area contributed by atoms with E-state index in [2.05, 4.69) is 15.2 Å². The summed E-state index contributed by atoms with van der Waals surface area (Å²) in [5.74, 6) is -0.436. The summed E-state index contributed by atoms with van der Waals surface area (Å²) in [5.41, 5.74) is 6.05. The first-order chi connectivity index (χ1) is 14.9. The molecule has 1 atom stereocenters. The summed E-state index contributed by atoms with van der Waals surface area (Å²) in [6.45, 7) is 0.576. The highest BCUT2D eigenvalue weighted by Crippen LogP contribution is 2.37. The SMILES string of the molecule is N[C@H](CO)COc1cc(Cl)c(-c2nnc(-c3cc(OC4COC4)[nH]c(=O)c3)s2)cc1F. The first-order valence-corrected chi connectivity index (χ1v) is 10.4. The molecule has 0 saturated carbocycles. The number of ether oxygens (including phenoxy) is 3. The fourth-order valence-electron chi connectivity index (χ4n) is 2.67. The van der Waals surface area contributed by atoms with Crippen LogP contribution in [-0.4, -0.2) is 58.9 Å². The molecular weight excluding hydrogens is 451 g/mol. The van der Waals surface area contributed by atoms with Gasteiger partial charge in [0, 0.05) is 29.3 Å². The number of H-pyrrole nitrogens is 1. The van der Waals surface area contributed by atoms with Gasteiger partial charge in [0.05, 0.1) is 30.9 Å². The lowest BCUT2D eigenvalue weighted by molar-refractivity contribution is -0.0813. The molecule has 1 aromatic carbocycles. The van der Waals surface area contributed by atoms with Crippen molar-refractivity contribution in [2.45, 2.75) is 12.1 Å². The zero-order valence-electron chi connectivity index (χ0n) is 16.0. The Morgan fingerprint density at radius 1 is 1.32 bits per heavy atom. The third-order valence-electron chi connectivity index (χ3n) is 4.33. The lowest BCUT2D eigenvalue weighted by Gasteiger charge is -2.26. The van der Waals surface area contributed by atoms with Gasteiger partial charge in [0.1, 0.15) is 22.7 Å². The van der Waals surface area contributed by atoms with Crippen LogP contribution in [0.1, 0.15) is 0 Å². The molecule has 0 spiro atoms. The van der Waals surface area contributed by atoms with E-state index in [9.17, 15) is 9.18 Å². The number of pyridine rings is 1. The predicted molar refractivity (Wildman–Crippen MR) is 112 cm³/mol. The number of rotatable bonds is 8. The second-order valence-corrected chi connectivity index (χ2v) is 8.19. The summed E-state index contributed by atoms with van der Waals surface area (Å²) in [5, 5.41) is 18.1. The lowest BCUT2D eigenvalue weighted by Crippen LogP contribution is -2.39. The molecule has 0 radical (unpaired) electrons. The summed E-state index contributed by atoms with van der Waals surface area (Å²) in [4.78, 5) is 14.6. The molecule has 0 amide bonds. The second-order valence-electron chi connectivity index (χ2n) is 6.80. The number of aliphatic hydroxyl groups excluding tert-OH is 1. The Hall–Kier alpha value is -2.57. The van der Waals surface area contributed by atoms with Gasteiger partial charge in [-0.3, -0.25) is 9.78 Å². The van der Waals surface area contributed by atoms with Crippen LogP contribution >= 0.6 is 22.9 Å². The minimum Gasteiger partial charge on any atom is -0.489 e. The Balaban J connectivity index is 1.57. The molecule has 4 N–H and O–H groups in total. The minimum absolute atomic E-state index is 0.0635. The van der Waals surface area contributed by atoms with Crippen molar-refractivity contribution in [1.29, 1.82) is 0 Å². The van der Waals surface area contributed by atoms with Crippen LogP contribution in [-0.2, 0) is 4.74 Å². The van der Waals surface area contributed by atoms with E-state index in [1.807, 2.05) is 0 Å². The fourth-order valence-corrected chi connectivity index (χ4v) is 3.83. The van der Waals surface area contributed by atoms with Crippen LogP contribution in [0.4, 0.5) is 4.39 Å². The molecule has 4 rings (SSSR count). The quantitative estimate of drug-likeness (QED) is 0.456. The molecule has 1 saturated heterocycles. The van der Waals surface area contributed by atoms with Crippen molar-refractivity contribution in [3.63, 3.8) is 0 Å². The molecule has 9 nitrogen and oxygen atoms in total. The van der Waals surface area contributed by atoms with E-state index in [1.54, 1.807) is 6.07 Å². The van der Waals surface area contributed by atoms with Crippen LogP contribution in [0.3, 0.4) is 0 Å². The fraction of sp³-hybridized carbons (Fsp3) is 0.316. The van der Waals surface area contributed by atoms with Gasteiger partial charge in [-0.15, -0.1) is 10.2 Å². The Morgan fingerprint density at radius 2 is 2.10 bits per heavy atom. The maximum atomic E-state index is 14.5. The Bertz CT molecular complexity index is 1140. The van der Waals surface area contributed by atoms with Gasteiger partial charge >= 0.3 is 0 Å². The van der Waals surface area contributed by atoms with Crippen LogP contribution in [0.2, 0.25) is 5.02 Å². The Labute approximate surface area is 184 Å². The maximum Gasteiger partial charge on any atom is 0.251 e. The summed E-state index contributed by atoms with van der Waals surface area (Å²) in [7, 11) is 0. The first kappa shape index (κ1) is 21.7.